The van der Waals surface area contributed by atoms with Gasteiger partial charge in [0, 0.05) is 10.6 Å². The number of halogens is 1. The first-order valence-electron chi connectivity index (χ1n) is 8.59. The summed E-state index contributed by atoms with van der Waals surface area (Å²) in [5.41, 5.74) is 3.64. The number of aromatic nitrogens is 1. The average molecular weight is 393 g/mol. The molecule has 0 radical (unpaired) electrons. The summed E-state index contributed by atoms with van der Waals surface area (Å²) < 4.78 is 1.07. The SMILES string of the molecule is Cc1cccc2sc(N(Cc3ccccc3)C(=O)c3cccc(Cl)c3)nc12. The molecular weight excluding hydrogens is 376 g/mol. The first kappa shape index (κ1) is 17.7. The van der Waals surface area contributed by atoms with Crippen LogP contribution in [0.3, 0.4) is 0 Å². The van der Waals surface area contributed by atoms with Crippen molar-refractivity contribution in [3.05, 3.63) is 94.5 Å². The molecule has 0 aliphatic rings. The molecule has 0 spiro atoms. The monoisotopic (exact) mass is 392 g/mol. The van der Waals surface area contributed by atoms with E-state index in [1.165, 1.54) is 11.3 Å². The molecule has 0 bridgehead atoms. The van der Waals surface area contributed by atoms with E-state index in [0.29, 0.717) is 22.3 Å². The van der Waals surface area contributed by atoms with Crippen molar-refractivity contribution in [2.24, 2.45) is 0 Å². The topological polar surface area (TPSA) is 33.2 Å². The summed E-state index contributed by atoms with van der Waals surface area (Å²) in [5, 5.41) is 1.23. The number of rotatable bonds is 4. The predicted octanol–water partition coefficient (Wildman–Crippen LogP) is 6.11. The number of thiazole rings is 1. The van der Waals surface area contributed by atoms with Crippen LogP contribution in [0.1, 0.15) is 21.5 Å². The third-order valence-electron chi connectivity index (χ3n) is 4.34. The Kier molecular flexibility index (Phi) is 4.92. The van der Waals surface area contributed by atoms with Gasteiger partial charge < -0.3 is 0 Å². The Hall–Kier alpha value is -2.69. The largest absolute Gasteiger partial charge is 0.279 e. The number of aryl methyl sites for hydroxylation is 1. The van der Waals surface area contributed by atoms with Gasteiger partial charge in [0.15, 0.2) is 5.13 Å². The molecule has 0 atom stereocenters. The number of fused-ring (bicyclic) bond motifs is 1. The van der Waals surface area contributed by atoms with Crippen molar-refractivity contribution in [3.63, 3.8) is 0 Å². The second-order valence-electron chi connectivity index (χ2n) is 6.31. The van der Waals surface area contributed by atoms with E-state index in [0.717, 1.165) is 21.3 Å². The molecule has 0 saturated heterocycles. The molecule has 0 aliphatic carbocycles. The van der Waals surface area contributed by atoms with Crippen molar-refractivity contribution >= 4 is 44.2 Å². The Morgan fingerprint density at radius 2 is 1.81 bits per heavy atom. The first-order valence-corrected chi connectivity index (χ1v) is 9.79. The fourth-order valence-corrected chi connectivity index (χ4v) is 4.19. The zero-order valence-corrected chi connectivity index (χ0v) is 16.3. The van der Waals surface area contributed by atoms with Crippen LogP contribution in [-0.2, 0) is 6.54 Å². The molecule has 0 saturated carbocycles. The van der Waals surface area contributed by atoms with Crippen LogP contribution in [-0.4, -0.2) is 10.9 Å². The summed E-state index contributed by atoms with van der Waals surface area (Å²) >= 11 is 7.63. The molecule has 27 heavy (non-hydrogen) atoms. The van der Waals surface area contributed by atoms with Crippen molar-refractivity contribution in [2.75, 3.05) is 4.90 Å². The van der Waals surface area contributed by atoms with E-state index in [9.17, 15) is 4.79 Å². The van der Waals surface area contributed by atoms with Gasteiger partial charge in [-0.1, -0.05) is 71.5 Å². The molecule has 0 aliphatic heterocycles. The second kappa shape index (κ2) is 7.51. The fraction of sp³-hybridized carbons (Fsp3) is 0.0909. The summed E-state index contributed by atoms with van der Waals surface area (Å²) in [6.45, 7) is 2.48. The van der Waals surface area contributed by atoms with Crippen molar-refractivity contribution in [1.29, 1.82) is 0 Å². The molecule has 134 valence electrons. The van der Waals surface area contributed by atoms with Gasteiger partial charge in [0.1, 0.15) is 0 Å². The Bertz CT molecular complexity index is 1110. The lowest BCUT2D eigenvalue weighted by molar-refractivity contribution is 0.0985. The van der Waals surface area contributed by atoms with Crippen LogP contribution in [0.5, 0.6) is 0 Å². The molecule has 1 heterocycles. The smallest absolute Gasteiger partial charge is 0.260 e. The number of carbonyl (C=O) groups excluding carboxylic acids is 1. The minimum absolute atomic E-state index is 0.113. The summed E-state index contributed by atoms with van der Waals surface area (Å²) in [7, 11) is 0. The zero-order valence-electron chi connectivity index (χ0n) is 14.7. The van der Waals surface area contributed by atoms with Gasteiger partial charge in [-0.15, -0.1) is 0 Å². The minimum atomic E-state index is -0.113. The van der Waals surface area contributed by atoms with Gasteiger partial charge in [0.2, 0.25) is 0 Å². The van der Waals surface area contributed by atoms with Crippen LogP contribution in [0, 0.1) is 6.92 Å². The Morgan fingerprint density at radius 3 is 2.56 bits per heavy atom. The van der Waals surface area contributed by atoms with Gasteiger partial charge in [-0.05, 0) is 42.3 Å². The molecule has 1 amide bonds. The van der Waals surface area contributed by atoms with Gasteiger partial charge in [-0.3, -0.25) is 9.69 Å². The standard InChI is InChI=1S/C22H17ClN2OS/c1-15-7-5-12-19-20(15)24-22(27-19)25(14-16-8-3-2-4-9-16)21(26)17-10-6-11-18(23)13-17/h2-13H,14H2,1H3. The molecule has 1 aromatic heterocycles. The number of benzene rings is 3. The van der Waals surface area contributed by atoms with Gasteiger partial charge in [0.05, 0.1) is 16.8 Å². The van der Waals surface area contributed by atoms with E-state index in [1.807, 2.05) is 55.5 Å². The van der Waals surface area contributed by atoms with E-state index >= 15 is 0 Å². The number of carbonyl (C=O) groups is 1. The van der Waals surface area contributed by atoms with E-state index in [4.69, 9.17) is 16.6 Å². The highest BCUT2D eigenvalue weighted by Crippen LogP contribution is 2.32. The third kappa shape index (κ3) is 3.72. The molecule has 4 rings (SSSR count). The summed E-state index contributed by atoms with van der Waals surface area (Å²) in [6.07, 6.45) is 0. The molecule has 0 N–H and O–H groups in total. The maximum Gasteiger partial charge on any atom is 0.260 e. The number of amides is 1. The maximum atomic E-state index is 13.3. The molecule has 3 nitrogen and oxygen atoms in total. The van der Waals surface area contributed by atoms with Crippen molar-refractivity contribution in [2.45, 2.75) is 13.5 Å². The number of nitrogens with zero attached hydrogens (tertiary/aromatic N) is 2. The highest BCUT2D eigenvalue weighted by molar-refractivity contribution is 7.22. The normalized spacial score (nSPS) is 10.9. The van der Waals surface area contributed by atoms with Crippen molar-refractivity contribution in [3.8, 4) is 0 Å². The predicted molar refractivity (Wildman–Crippen MR) is 113 cm³/mol. The van der Waals surface area contributed by atoms with Crippen molar-refractivity contribution < 1.29 is 4.79 Å². The third-order valence-corrected chi connectivity index (χ3v) is 5.62. The minimum Gasteiger partial charge on any atom is -0.279 e. The first-order chi connectivity index (χ1) is 13.1. The summed E-state index contributed by atoms with van der Waals surface area (Å²) in [6, 6.07) is 23.0. The molecule has 0 fully saturated rings. The van der Waals surface area contributed by atoms with Gasteiger partial charge in [-0.2, -0.15) is 0 Å². The van der Waals surface area contributed by atoms with E-state index in [-0.39, 0.29) is 5.91 Å². The number of hydrogen-bond acceptors (Lipinski definition) is 3. The van der Waals surface area contributed by atoms with E-state index in [2.05, 4.69) is 0 Å². The number of anilines is 1. The van der Waals surface area contributed by atoms with Gasteiger partial charge in [0.25, 0.3) is 5.91 Å². The Balaban J connectivity index is 1.79. The van der Waals surface area contributed by atoms with Crippen LogP contribution in [0.2, 0.25) is 5.02 Å². The molecule has 3 aromatic carbocycles. The molecule has 5 heteroatoms. The van der Waals surface area contributed by atoms with Crippen molar-refractivity contribution in [1.82, 2.24) is 4.98 Å². The zero-order chi connectivity index (χ0) is 18.8. The summed E-state index contributed by atoms with van der Waals surface area (Å²) in [4.78, 5) is 19.8. The maximum absolute atomic E-state index is 13.3. The molecular formula is C22H17ClN2OS. The number of para-hydroxylation sites is 1. The molecule has 0 unspecified atom stereocenters. The Morgan fingerprint density at radius 1 is 1.04 bits per heavy atom. The van der Waals surface area contributed by atoms with Crippen LogP contribution < -0.4 is 4.90 Å². The second-order valence-corrected chi connectivity index (χ2v) is 7.75. The average Bonchev–Trinajstić information content (AvgIpc) is 3.12. The lowest BCUT2D eigenvalue weighted by Crippen LogP contribution is -2.30. The highest BCUT2D eigenvalue weighted by Gasteiger charge is 2.22. The van der Waals surface area contributed by atoms with Crippen LogP contribution >= 0.6 is 22.9 Å². The highest BCUT2D eigenvalue weighted by atomic mass is 35.5. The van der Waals surface area contributed by atoms with Gasteiger partial charge >= 0.3 is 0 Å². The van der Waals surface area contributed by atoms with E-state index < -0.39 is 0 Å². The lowest BCUT2D eigenvalue weighted by Gasteiger charge is -2.20. The molecule has 4 aromatic rings. The van der Waals surface area contributed by atoms with Crippen LogP contribution in [0.4, 0.5) is 5.13 Å². The summed E-state index contributed by atoms with van der Waals surface area (Å²) in [5.74, 6) is -0.113. The number of hydrogen-bond donors (Lipinski definition) is 0. The quantitative estimate of drug-likeness (QED) is 0.420. The van der Waals surface area contributed by atoms with Crippen LogP contribution in [0.25, 0.3) is 10.2 Å². The lowest BCUT2D eigenvalue weighted by atomic mass is 10.1. The van der Waals surface area contributed by atoms with E-state index in [1.54, 1.807) is 29.2 Å². The fourth-order valence-electron chi connectivity index (χ4n) is 2.96. The van der Waals surface area contributed by atoms with Gasteiger partial charge in [-0.25, -0.2) is 4.98 Å². The van der Waals surface area contributed by atoms with Crippen LogP contribution in [0.15, 0.2) is 72.8 Å². The Labute approximate surface area is 166 Å².